The van der Waals surface area contributed by atoms with Crippen molar-refractivity contribution in [3.63, 3.8) is 0 Å². The Balaban J connectivity index is 1.94. The molecule has 0 radical (unpaired) electrons. The number of rotatable bonds is 3. The predicted molar refractivity (Wildman–Crippen MR) is 85.7 cm³/mol. The van der Waals surface area contributed by atoms with Gasteiger partial charge in [0.1, 0.15) is 0 Å². The lowest BCUT2D eigenvalue weighted by molar-refractivity contribution is 0.591. The van der Waals surface area contributed by atoms with Crippen LogP contribution in [-0.4, -0.2) is 15.0 Å². The van der Waals surface area contributed by atoms with Gasteiger partial charge < -0.3 is 5.73 Å². The van der Waals surface area contributed by atoms with Crippen molar-refractivity contribution in [1.29, 1.82) is 0 Å². The second kappa shape index (κ2) is 5.07. The van der Waals surface area contributed by atoms with Crippen molar-refractivity contribution in [3.8, 4) is 0 Å². The second-order valence-corrected chi connectivity index (χ2v) is 7.29. The van der Waals surface area contributed by atoms with E-state index in [9.17, 15) is 8.42 Å². The number of fused-ring (bicyclic) bond motifs is 1. The molecule has 2 aromatic rings. The number of nitrogens with zero attached hydrogens (tertiary/aromatic N) is 1. The molecule has 0 saturated carbocycles. The number of hydrogen-bond acceptors (Lipinski definition) is 3. The Kier molecular flexibility index (Phi) is 3.37. The Labute approximate surface area is 125 Å². The molecule has 0 atom stereocenters. The van der Waals surface area contributed by atoms with E-state index in [4.69, 9.17) is 5.73 Å². The predicted octanol–water partition coefficient (Wildman–Crippen LogP) is 2.47. The zero-order chi connectivity index (χ0) is 15.0. The van der Waals surface area contributed by atoms with Crippen molar-refractivity contribution in [3.05, 3.63) is 59.2 Å². The Hall–Kier alpha value is -2.01. The Morgan fingerprint density at radius 2 is 1.90 bits per heavy atom. The molecule has 0 aliphatic carbocycles. The number of aryl methyl sites for hydroxylation is 1. The van der Waals surface area contributed by atoms with E-state index in [0.717, 1.165) is 28.8 Å². The minimum absolute atomic E-state index is 0.0149. The lowest BCUT2D eigenvalue weighted by Gasteiger charge is -2.20. The summed E-state index contributed by atoms with van der Waals surface area (Å²) < 4.78 is 26.8. The maximum absolute atomic E-state index is 12.6. The smallest absolute Gasteiger partial charge is 0.239 e. The lowest BCUT2D eigenvalue weighted by Crippen LogP contribution is -2.30. The van der Waals surface area contributed by atoms with Crippen LogP contribution < -0.4 is 10.0 Å². The van der Waals surface area contributed by atoms with Crippen molar-refractivity contribution in [1.82, 2.24) is 0 Å². The molecule has 110 valence electrons. The summed E-state index contributed by atoms with van der Waals surface area (Å²) in [6, 6.07) is 13.0. The van der Waals surface area contributed by atoms with Gasteiger partial charge in [-0.25, -0.2) is 8.42 Å². The molecule has 0 saturated heterocycles. The third-order valence-corrected chi connectivity index (χ3v) is 5.60. The van der Waals surface area contributed by atoms with E-state index >= 15 is 0 Å². The summed E-state index contributed by atoms with van der Waals surface area (Å²) in [7, 11) is -3.38. The first-order chi connectivity index (χ1) is 9.97. The van der Waals surface area contributed by atoms with Crippen LogP contribution in [0.2, 0.25) is 0 Å². The summed E-state index contributed by atoms with van der Waals surface area (Å²) in [5.74, 6) is 0.0149. The largest absolute Gasteiger partial charge is 0.398 e. The van der Waals surface area contributed by atoms with Gasteiger partial charge >= 0.3 is 0 Å². The third kappa shape index (κ3) is 2.61. The highest BCUT2D eigenvalue weighted by Gasteiger charge is 2.30. The van der Waals surface area contributed by atoms with E-state index in [1.807, 2.05) is 43.3 Å². The first kappa shape index (κ1) is 13.9. The molecule has 0 unspecified atom stereocenters. The number of sulfonamides is 1. The summed E-state index contributed by atoms with van der Waals surface area (Å²) in [6.07, 6.45) is 0.741. The second-order valence-electron chi connectivity index (χ2n) is 5.40. The summed E-state index contributed by atoms with van der Waals surface area (Å²) in [5.41, 5.74) is 10.1. The van der Waals surface area contributed by atoms with Crippen LogP contribution in [0.3, 0.4) is 0 Å². The molecule has 21 heavy (non-hydrogen) atoms. The van der Waals surface area contributed by atoms with Gasteiger partial charge in [-0.1, -0.05) is 36.4 Å². The highest BCUT2D eigenvalue weighted by Crippen LogP contribution is 2.34. The van der Waals surface area contributed by atoms with Crippen molar-refractivity contribution >= 4 is 21.4 Å². The topological polar surface area (TPSA) is 63.4 Å². The number of hydrogen-bond donors (Lipinski definition) is 1. The van der Waals surface area contributed by atoms with Crippen LogP contribution in [-0.2, 0) is 22.2 Å². The Morgan fingerprint density at radius 3 is 2.62 bits per heavy atom. The fraction of sp³-hybridized carbons (Fsp3) is 0.250. The van der Waals surface area contributed by atoms with Gasteiger partial charge in [0, 0.05) is 12.2 Å². The van der Waals surface area contributed by atoms with Crippen molar-refractivity contribution in [2.45, 2.75) is 19.1 Å². The Bertz CT molecular complexity index is 770. The molecule has 5 heteroatoms. The zero-order valence-corrected chi connectivity index (χ0v) is 12.7. The molecule has 4 nitrogen and oxygen atoms in total. The maximum Gasteiger partial charge on any atom is 0.239 e. The average molecular weight is 302 g/mol. The quantitative estimate of drug-likeness (QED) is 0.886. The first-order valence-electron chi connectivity index (χ1n) is 6.91. The SMILES string of the molecule is Cc1cc2c(cc1N)N(S(=O)(=O)Cc1ccccc1)CC2. The van der Waals surface area contributed by atoms with Crippen LogP contribution in [0.4, 0.5) is 11.4 Å². The fourth-order valence-corrected chi connectivity index (χ4v) is 4.31. The van der Waals surface area contributed by atoms with Crippen LogP contribution in [0.1, 0.15) is 16.7 Å². The number of benzene rings is 2. The fourth-order valence-electron chi connectivity index (χ4n) is 2.70. The minimum atomic E-state index is -3.38. The van der Waals surface area contributed by atoms with Gasteiger partial charge in [-0.05, 0) is 36.1 Å². The molecular formula is C16H18N2O2S. The molecule has 1 heterocycles. The third-order valence-electron chi connectivity index (χ3n) is 3.85. The van der Waals surface area contributed by atoms with Gasteiger partial charge in [-0.15, -0.1) is 0 Å². The van der Waals surface area contributed by atoms with Gasteiger partial charge in [0.2, 0.25) is 10.0 Å². The van der Waals surface area contributed by atoms with Crippen molar-refractivity contribution in [2.75, 3.05) is 16.6 Å². The van der Waals surface area contributed by atoms with E-state index in [0.29, 0.717) is 12.2 Å². The van der Waals surface area contributed by atoms with Crippen LogP contribution in [0, 0.1) is 6.92 Å². The molecule has 0 fully saturated rings. The summed E-state index contributed by atoms with van der Waals surface area (Å²) in [5, 5.41) is 0. The van der Waals surface area contributed by atoms with Gasteiger partial charge in [0.05, 0.1) is 11.4 Å². The number of nitrogens with two attached hydrogens (primary N) is 1. The lowest BCUT2D eigenvalue weighted by atomic mass is 10.1. The molecule has 0 bridgehead atoms. The molecule has 0 spiro atoms. The molecule has 2 N–H and O–H groups in total. The highest BCUT2D eigenvalue weighted by atomic mass is 32.2. The van der Waals surface area contributed by atoms with E-state index < -0.39 is 10.0 Å². The van der Waals surface area contributed by atoms with Crippen molar-refractivity contribution < 1.29 is 8.42 Å². The monoisotopic (exact) mass is 302 g/mol. The highest BCUT2D eigenvalue weighted by molar-refractivity contribution is 7.92. The van der Waals surface area contributed by atoms with E-state index in [2.05, 4.69) is 0 Å². The van der Waals surface area contributed by atoms with Gasteiger partial charge in [0.25, 0.3) is 0 Å². The molecule has 1 aliphatic heterocycles. The van der Waals surface area contributed by atoms with Crippen LogP contribution >= 0.6 is 0 Å². The molecule has 1 aliphatic rings. The standard InChI is InChI=1S/C16H18N2O2S/c1-12-9-14-7-8-18(16(14)10-15(12)17)21(19,20)11-13-5-3-2-4-6-13/h2-6,9-10H,7-8,11,17H2,1H3. The maximum atomic E-state index is 12.6. The van der Waals surface area contributed by atoms with E-state index in [-0.39, 0.29) is 5.75 Å². The molecular weight excluding hydrogens is 284 g/mol. The zero-order valence-electron chi connectivity index (χ0n) is 11.9. The molecule has 3 rings (SSSR count). The van der Waals surface area contributed by atoms with Crippen LogP contribution in [0.5, 0.6) is 0 Å². The van der Waals surface area contributed by atoms with Gasteiger partial charge in [-0.2, -0.15) is 0 Å². The minimum Gasteiger partial charge on any atom is -0.398 e. The summed E-state index contributed by atoms with van der Waals surface area (Å²) in [4.78, 5) is 0. The van der Waals surface area contributed by atoms with Gasteiger partial charge in [0.15, 0.2) is 0 Å². The molecule has 0 amide bonds. The van der Waals surface area contributed by atoms with Crippen LogP contribution in [0.25, 0.3) is 0 Å². The average Bonchev–Trinajstić information content (AvgIpc) is 2.83. The number of nitrogen functional groups attached to an aromatic ring is 1. The molecule has 2 aromatic carbocycles. The first-order valence-corrected chi connectivity index (χ1v) is 8.51. The van der Waals surface area contributed by atoms with E-state index in [1.165, 1.54) is 4.31 Å². The summed E-state index contributed by atoms with van der Waals surface area (Å²) >= 11 is 0. The van der Waals surface area contributed by atoms with E-state index in [1.54, 1.807) is 6.07 Å². The summed E-state index contributed by atoms with van der Waals surface area (Å²) in [6.45, 7) is 2.43. The molecule has 0 aromatic heterocycles. The van der Waals surface area contributed by atoms with Crippen molar-refractivity contribution in [2.24, 2.45) is 0 Å². The Morgan fingerprint density at radius 1 is 1.19 bits per heavy atom. The van der Waals surface area contributed by atoms with Crippen LogP contribution in [0.15, 0.2) is 42.5 Å². The van der Waals surface area contributed by atoms with Gasteiger partial charge in [-0.3, -0.25) is 4.31 Å². The number of anilines is 2. The normalized spacial score (nSPS) is 14.2.